The van der Waals surface area contributed by atoms with E-state index in [1.54, 1.807) is 25.2 Å². The maximum absolute atomic E-state index is 13.5. The zero-order valence-electron chi connectivity index (χ0n) is 20.1. The zero-order chi connectivity index (χ0) is 25.3. The van der Waals surface area contributed by atoms with Gasteiger partial charge in [-0.15, -0.1) is 11.3 Å². The Morgan fingerprint density at radius 1 is 1.06 bits per heavy atom. The Balaban J connectivity index is 1.79. The summed E-state index contributed by atoms with van der Waals surface area (Å²) >= 11 is 1.59. The van der Waals surface area contributed by atoms with E-state index in [0.717, 1.165) is 37.3 Å². The van der Waals surface area contributed by atoms with Crippen LogP contribution in [0, 0.1) is 12.3 Å². The van der Waals surface area contributed by atoms with Gasteiger partial charge in [-0.25, -0.2) is 19.1 Å². The Morgan fingerprint density at radius 2 is 1.77 bits per heavy atom. The van der Waals surface area contributed by atoms with Crippen molar-refractivity contribution in [2.75, 3.05) is 5.32 Å². The van der Waals surface area contributed by atoms with Gasteiger partial charge < -0.3 is 15.5 Å². The van der Waals surface area contributed by atoms with Crippen LogP contribution in [-0.4, -0.2) is 35.6 Å². The van der Waals surface area contributed by atoms with Gasteiger partial charge in [0.05, 0.1) is 21.8 Å². The van der Waals surface area contributed by atoms with Crippen molar-refractivity contribution in [3.05, 3.63) is 79.6 Å². The molecule has 4 aromatic rings. The van der Waals surface area contributed by atoms with E-state index in [1.165, 1.54) is 4.57 Å². The van der Waals surface area contributed by atoms with Crippen LogP contribution < -0.4 is 16.7 Å². The molecule has 2 aromatic carbocycles. The normalized spacial score (nSPS) is 12.0. The van der Waals surface area contributed by atoms with Crippen LogP contribution in [0.25, 0.3) is 10.2 Å². The molecule has 0 saturated carbocycles. The highest BCUT2D eigenvalue weighted by Crippen LogP contribution is 2.27. The Morgan fingerprint density at radius 3 is 2.43 bits per heavy atom. The van der Waals surface area contributed by atoms with E-state index in [1.807, 2.05) is 49.4 Å². The van der Waals surface area contributed by atoms with Gasteiger partial charge in [0.2, 0.25) is 5.95 Å². The molecule has 9 nitrogen and oxygen atoms in total. The van der Waals surface area contributed by atoms with Crippen LogP contribution in [0.4, 0.5) is 11.6 Å². The van der Waals surface area contributed by atoms with Gasteiger partial charge in [0.1, 0.15) is 0 Å². The lowest BCUT2D eigenvalue weighted by atomic mass is 9.93. The third-order valence-corrected chi connectivity index (χ3v) is 7.03. The van der Waals surface area contributed by atoms with Crippen molar-refractivity contribution in [1.82, 2.24) is 19.1 Å². The highest BCUT2D eigenvalue weighted by Gasteiger charge is 2.29. The average molecular weight is 496 g/mol. The highest BCUT2D eigenvalue weighted by atomic mass is 32.1. The fourth-order valence-electron chi connectivity index (χ4n) is 3.60. The Bertz CT molecular complexity index is 1470. The molecule has 184 valence electrons. The maximum atomic E-state index is 13.5. The van der Waals surface area contributed by atoms with E-state index in [-0.39, 0.29) is 19.0 Å². The summed E-state index contributed by atoms with van der Waals surface area (Å²) in [7, 11) is 0. The summed E-state index contributed by atoms with van der Waals surface area (Å²) in [5, 5.41) is 23.6. The largest absolute Gasteiger partial charge is 0.368 e. The van der Waals surface area contributed by atoms with Crippen LogP contribution in [0.3, 0.4) is 0 Å². The minimum Gasteiger partial charge on any atom is -0.368 e. The number of anilines is 2. The summed E-state index contributed by atoms with van der Waals surface area (Å²) in [5.74, 6) is 0.110. The fourth-order valence-corrected chi connectivity index (χ4v) is 4.54. The van der Waals surface area contributed by atoms with Crippen molar-refractivity contribution in [1.29, 1.82) is 0 Å². The smallest absolute Gasteiger partial charge is 0.354 e. The summed E-state index contributed by atoms with van der Waals surface area (Å²) in [6.45, 7) is 7.14. The highest BCUT2D eigenvalue weighted by molar-refractivity contribution is 7.18. The minimum atomic E-state index is -1.71. The number of fused-ring (bicyclic) bond motifs is 1. The molecule has 0 aliphatic heterocycles. The van der Waals surface area contributed by atoms with Gasteiger partial charge in [-0.1, -0.05) is 50.6 Å². The van der Waals surface area contributed by atoms with Crippen molar-refractivity contribution in [2.45, 2.75) is 53.5 Å². The van der Waals surface area contributed by atoms with E-state index in [2.05, 4.69) is 22.2 Å². The topological polar surface area (TPSA) is 122 Å². The third-order valence-electron chi connectivity index (χ3n) is 5.87. The van der Waals surface area contributed by atoms with Crippen molar-refractivity contribution in [3.63, 3.8) is 0 Å². The van der Waals surface area contributed by atoms with E-state index in [0.29, 0.717) is 5.69 Å². The number of aliphatic hydroxyl groups excluding tert-OH is 1. The van der Waals surface area contributed by atoms with Gasteiger partial charge in [-0.05, 0) is 37.1 Å². The molecule has 35 heavy (non-hydrogen) atoms. The number of hydrogen-bond acceptors (Lipinski definition) is 8. The SMILES string of the molecule is CCc1nc2ccc(Nc3nc(=O)n(CC(C)(C)C(O)O)c(=O)n3Cc3ccc(C)cc3)cc2s1. The number of nitrogens with zero attached hydrogens (tertiary/aromatic N) is 4. The van der Waals surface area contributed by atoms with Gasteiger partial charge in [-0.3, -0.25) is 4.57 Å². The molecule has 0 bridgehead atoms. The number of nitrogens with one attached hydrogen (secondary N) is 1. The third kappa shape index (κ3) is 5.34. The molecule has 0 aliphatic carbocycles. The zero-order valence-corrected chi connectivity index (χ0v) is 21.0. The molecule has 0 saturated heterocycles. The first-order chi connectivity index (χ1) is 16.6. The average Bonchev–Trinajstić information content (AvgIpc) is 3.23. The molecule has 4 rings (SSSR count). The van der Waals surface area contributed by atoms with E-state index in [4.69, 9.17) is 0 Å². The van der Waals surface area contributed by atoms with Crippen LogP contribution in [0.1, 0.15) is 36.9 Å². The second kappa shape index (κ2) is 9.73. The summed E-state index contributed by atoms with van der Waals surface area (Å²) in [4.78, 5) is 35.1. The summed E-state index contributed by atoms with van der Waals surface area (Å²) in [6.07, 6.45) is -0.868. The number of aryl methyl sites for hydroxylation is 2. The standard InChI is InChI=1S/C25H29N5O4S/c1-5-20-27-18-11-10-17(12-19(18)35-20)26-22-28-23(33)30(14-25(3,4)21(31)32)24(34)29(22)13-16-8-6-15(2)7-9-16/h6-12,21,31-32H,5,13-14H2,1-4H3,(H,26,28,33). The molecular weight excluding hydrogens is 466 g/mol. The molecular formula is C25H29N5O4S. The fraction of sp³-hybridized carbons (Fsp3) is 0.360. The Kier molecular flexibility index (Phi) is 6.88. The molecule has 0 radical (unpaired) electrons. The lowest BCUT2D eigenvalue weighted by Gasteiger charge is -2.27. The first kappa shape index (κ1) is 24.8. The summed E-state index contributed by atoms with van der Waals surface area (Å²) in [6, 6.07) is 13.4. The number of hydrogen-bond donors (Lipinski definition) is 3. The van der Waals surface area contributed by atoms with E-state index < -0.39 is 23.1 Å². The molecule has 2 heterocycles. The molecule has 3 N–H and O–H groups in total. The van der Waals surface area contributed by atoms with Crippen molar-refractivity contribution >= 4 is 33.2 Å². The van der Waals surface area contributed by atoms with Gasteiger partial charge in [0.15, 0.2) is 6.29 Å². The lowest BCUT2D eigenvalue weighted by Crippen LogP contribution is -2.47. The van der Waals surface area contributed by atoms with Gasteiger partial charge >= 0.3 is 11.4 Å². The number of thiazole rings is 1. The molecule has 2 aromatic heterocycles. The lowest BCUT2D eigenvalue weighted by molar-refractivity contribution is -0.127. The number of aliphatic hydroxyl groups is 2. The minimum absolute atomic E-state index is 0.110. The second-order valence-corrected chi connectivity index (χ2v) is 10.4. The van der Waals surface area contributed by atoms with Gasteiger partial charge in [0.25, 0.3) is 0 Å². The predicted octanol–water partition coefficient (Wildman–Crippen LogP) is 3.01. The van der Waals surface area contributed by atoms with Crippen LogP contribution in [0.5, 0.6) is 0 Å². The van der Waals surface area contributed by atoms with Crippen molar-refractivity contribution in [3.8, 4) is 0 Å². The van der Waals surface area contributed by atoms with Crippen LogP contribution in [0.2, 0.25) is 0 Å². The first-order valence-corrected chi connectivity index (χ1v) is 12.2. The molecule has 0 aliphatic rings. The Hall–Kier alpha value is -3.34. The molecule has 0 fully saturated rings. The van der Waals surface area contributed by atoms with Crippen LogP contribution in [0.15, 0.2) is 52.1 Å². The van der Waals surface area contributed by atoms with Gasteiger partial charge in [-0.2, -0.15) is 4.98 Å². The molecule has 0 spiro atoms. The number of benzene rings is 2. The number of rotatable bonds is 8. The van der Waals surface area contributed by atoms with E-state index in [9.17, 15) is 19.8 Å². The maximum Gasteiger partial charge on any atom is 0.354 e. The molecule has 0 atom stereocenters. The second-order valence-electron chi connectivity index (χ2n) is 9.29. The Labute approximate surface area is 206 Å². The number of aromatic nitrogens is 4. The van der Waals surface area contributed by atoms with Gasteiger partial charge in [0, 0.05) is 17.6 Å². The quantitative estimate of drug-likeness (QED) is 0.321. The monoisotopic (exact) mass is 495 g/mol. The van der Waals surface area contributed by atoms with Crippen LogP contribution >= 0.6 is 11.3 Å². The van der Waals surface area contributed by atoms with Crippen molar-refractivity contribution < 1.29 is 10.2 Å². The van der Waals surface area contributed by atoms with Crippen LogP contribution in [-0.2, 0) is 19.5 Å². The summed E-state index contributed by atoms with van der Waals surface area (Å²) in [5.41, 5.74) is 1.03. The van der Waals surface area contributed by atoms with E-state index >= 15 is 0 Å². The molecule has 10 heteroatoms. The first-order valence-electron chi connectivity index (χ1n) is 11.4. The molecule has 0 unspecified atom stereocenters. The summed E-state index contributed by atoms with van der Waals surface area (Å²) < 4.78 is 3.32. The van der Waals surface area contributed by atoms with Crippen molar-refractivity contribution in [2.24, 2.45) is 5.41 Å². The molecule has 0 amide bonds. The predicted molar refractivity (Wildman–Crippen MR) is 137 cm³/mol.